The van der Waals surface area contributed by atoms with Crippen molar-refractivity contribution in [3.8, 4) is 22.9 Å². The molecule has 7 heteroatoms. The number of fused-ring (bicyclic) bond motifs is 1. The standard InChI is InChI=1S/C18H12F2N4O/c1-10-4-2-3-5-12(10)16-17-18(24-23-16)22-15(9-21-17)25-14-7-6-11(19)8-13(14)20/h2-9H,1H3,(H,22,23,24). The summed E-state index contributed by atoms with van der Waals surface area (Å²) in [7, 11) is 0. The van der Waals surface area contributed by atoms with Gasteiger partial charge in [0.2, 0.25) is 11.5 Å². The molecule has 0 atom stereocenters. The molecule has 0 spiro atoms. The first-order valence-electron chi connectivity index (χ1n) is 7.52. The van der Waals surface area contributed by atoms with Crippen LogP contribution in [-0.2, 0) is 0 Å². The Morgan fingerprint density at radius 2 is 1.92 bits per heavy atom. The highest BCUT2D eigenvalue weighted by atomic mass is 19.1. The number of aryl methyl sites for hydroxylation is 1. The third kappa shape index (κ3) is 2.80. The molecular formula is C18H12F2N4O. The van der Waals surface area contributed by atoms with E-state index in [1.165, 1.54) is 12.3 Å². The van der Waals surface area contributed by atoms with Crippen molar-refractivity contribution in [1.82, 2.24) is 20.2 Å². The summed E-state index contributed by atoms with van der Waals surface area (Å²) >= 11 is 0. The summed E-state index contributed by atoms with van der Waals surface area (Å²) in [6.45, 7) is 1.99. The Labute approximate surface area is 141 Å². The second-order valence-corrected chi connectivity index (χ2v) is 5.47. The van der Waals surface area contributed by atoms with Gasteiger partial charge in [-0.1, -0.05) is 24.3 Å². The molecule has 2 heterocycles. The minimum Gasteiger partial charge on any atom is -0.434 e. The molecule has 0 saturated carbocycles. The zero-order valence-corrected chi connectivity index (χ0v) is 13.1. The van der Waals surface area contributed by atoms with Crippen LogP contribution in [0.15, 0.2) is 48.7 Å². The summed E-state index contributed by atoms with van der Waals surface area (Å²) in [6, 6.07) is 10.9. The minimum atomic E-state index is -0.815. The number of aromatic amines is 1. The summed E-state index contributed by atoms with van der Waals surface area (Å²) in [5.41, 5.74) is 3.72. The molecule has 0 aliphatic carbocycles. The minimum absolute atomic E-state index is 0.0702. The third-order valence-electron chi connectivity index (χ3n) is 3.77. The average molecular weight is 338 g/mol. The number of ether oxygens (including phenoxy) is 1. The van der Waals surface area contributed by atoms with Crippen molar-refractivity contribution in [3.05, 3.63) is 65.9 Å². The number of hydrogen-bond donors (Lipinski definition) is 1. The average Bonchev–Trinajstić information content (AvgIpc) is 3.01. The Bertz CT molecular complexity index is 1080. The summed E-state index contributed by atoms with van der Waals surface area (Å²) in [5.74, 6) is -1.56. The molecule has 0 amide bonds. The van der Waals surface area contributed by atoms with Gasteiger partial charge in [-0.05, 0) is 24.6 Å². The molecule has 2 aromatic heterocycles. The van der Waals surface area contributed by atoms with Gasteiger partial charge < -0.3 is 4.74 Å². The molecule has 2 aromatic carbocycles. The zero-order valence-electron chi connectivity index (χ0n) is 13.1. The fourth-order valence-electron chi connectivity index (χ4n) is 2.54. The molecular weight excluding hydrogens is 326 g/mol. The van der Waals surface area contributed by atoms with E-state index in [9.17, 15) is 8.78 Å². The van der Waals surface area contributed by atoms with Gasteiger partial charge in [0.15, 0.2) is 11.6 Å². The Morgan fingerprint density at radius 3 is 2.72 bits per heavy atom. The Balaban J connectivity index is 1.71. The molecule has 4 rings (SSSR count). The molecule has 0 bridgehead atoms. The second kappa shape index (κ2) is 5.94. The van der Waals surface area contributed by atoms with Crippen molar-refractivity contribution in [3.63, 3.8) is 0 Å². The number of nitrogens with zero attached hydrogens (tertiary/aromatic N) is 3. The number of halogens is 2. The molecule has 1 N–H and O–H groups in total. The van der Waals surface area contributed by atoms with Gasteiger partial charge in [0.1, 0.15) is 11.3 Å². The molecule has 0 unspecified atom stereocenters. The second-order valence-electron chi connectivity index (χ2n) is 5.47. The van der Waals surface area contributed by atoms with E-state index in [1.807, 2.05) is 31.2 Å². The lowest BCUT2D eigenvalue weighted by atomic mass is 10.1. The van der Waals surface area contributed by atoms with E-state index in [1.54, 1.807) is 0 Å². The van der Waals surface area contributed by atoms with Crippen molar-refractivity contribution in [2.45, 2.75) is 6.92 Å². The van der Waals surface area contributed by atoms with Crippen LogP contribution in [0.1, 0.15) is 5.56 Å². The van der Waals surface area contributed by atoms with E-state index in [0.29, 0.717) is 11.2 Å². The molecule has 0 aliphatic rings. The van der Waals surface area contributed by atoms with Crippen molar-refractivity contribution < 1.29 is 13.5 Å². The molecule has 0 fully saturated rings. The number of benzene rings is 2. The molecule has 0 saturated heterocycles. The van der Waals surface area contributed by atoms with Crippen LogP contribution in [0.4, 0.5) is 8.78 Å². The maximum absolute atomic E-state index is 13.7. The maximum Gasteiger partial charge on any atom is 0.240 e. The number of rotatable bonds is 3. The van der Waals surface area contributed by atoms with E-state index in [-0.39, 0.29) is 11.6 Å². The smallest absolute Gasteiger partial charge is 0.240 e. The normalized spacial score (nSPS) is 11.0. The third-order valence-corrected chi connectivity index (χ3v) is 3.77. The van der Waals surface area contributed by atoms with Crippen LogP contribution in [-0.4, -0.2) is 20.2 Å². The van der Waals surface area contributed by atoms with E-state index in [0.717, 1.165) is 29.0 Å². The first kappa shape index (κ1) is 15.2. The van der Waals surface area contributed by atoms with Gasteiger partial charge in [-0.2, -0.15) is 10.1 Å². The van der Waals surface area contributed by atoms with Gasteiger partial charge >= 0.3 is 0 Å². The molecule has 25 heavy (non-hydrogen) atoms. The predicted octanol–water partition coefficient (Wildman–Crippen LogP) is 4.40. The Hall–Kier alpha value is -3.35. The number of nitrogens with one attached hydrogen (secondary N) is 1. The van der Waals surface area contributed by atoms with E-state index < -0.39 is 11.6 Å². The van der Waals surface area contributed by atoms with Crippen molar-refractivity contribution in [2.24, 2.45) is 0 Å². The molecule has 124 valence electrons. The highest BCUT2D eigenvalue weighted by Gasteiger charge is 2.14. The summed E-state index contributed by atoms with van der Waals surface area (Å²) in [6.07, 6.45) is 1.38. The highest BCUT2D eigenvalue weighted by molar-refractivity contribution is 5.88. The van der Waals surface area contributed by atoms with Crippen molar-refractivity contribution in [2.75, 3.05) is 0 Å². The van der Waals surface area contributed by atoms with Crippen LogP contribution in [0.5, 0.6) is 11.6 Å². The maximum atomic E-state index is 13.7. The molecule has 4 aromatic rings. The van der Waals surface area contributed by atoms with Crippen LogP contribution < -0.4 is 4.74 Å². The van der Waals surface area contributed by atoms with Crippen molar-refractivity contribution in [1.29, 1.82) is 0 Å². The SMILES string of the molecule is Cc1ccccc1-c1[nH]nc2nc(Oc3ccc(F)cc3F)cnc12. The number of H-pyrrole nitrogens is 1. The lowest BCUT2D eigenvalue weighted by Gasteiger charge is -2.05. The van der Waals surface area contributed by atoms with Gasteiger partial charge in [0.05, 0.1) is 11.9 Å². The van der Waals surface area contributed by atoms with E-state index >= 15 is 0 Å². The van der Waals surface area contributed by atoms with Gasteiger partial charge in [-0.25, -0.2) is 13.8 Å². The van der Waals surface area contributed by atoms with Crippen LogP contribution in [0.2, 0.25) is 0 Å². The zero-order chi connectivity index (χ0) is 17.4. The monoisotopic (exact) mass is 338 g/mol. The van der Waals surface area contributed by atoms with Gasteiger partial charge in [-0.15, -0.1) is 0 Å². The summed E-state index contributed by atoms with van der Waals surface area (Å²) < 4.78 is 32.0. The largest absolute Gasteiger partial charge is 0.434 e. The topological polar surface area (TPSA) is 63.7 Å². The molecule has 5 nitrogen and oxygen atoms in total. The summed E-state index contributed by atoms with van der Waals surface area (Å²) in [4.78, 5) is 8.55. The van der Waals surface area contributed by atoms with E-state index in [4.69, 9.17) is 4.74 Å². The molecule has 0 aliphatic heterocycles. The fourth-order valence-corrected chi connectivity index (χ4v) is 2.54. The lowest BCUT2D eigenvalue weighted by Crippen LogP contribution is -1.93. The number of hydrogen-bond acceptors (Lipinski definition) is 4. The lowest BCUT2D eigenvalue weighted by molar-refractivity contribution is 0.423. The van der Waals surface area contributed by atoms with Crippen LogP contribution in [0.3, 0.4) is 0 Å². The first-order chi connectivity index (χ1) is 12.1. The fraction of sp³-hybridized carbons (Fsp3) is 0.0556. The number of aromatic nitrogens is 4. The predicted molar refractivity (Wildman–Crippen MR) is 88.3 cm³/mol. The van der Waals surface area contributed by atoms with E-state index in [2.05, 4.69) is 20.2 Å². The Morgan fingerprint density at radius 1 is 1.08 bits per heavy atom. The highest BCUT2D eigenvalue weighted by Crippen LogP contribution is 2.29. The van der Waals surface area contributed by atoms with Gasteiger partial charge in [-0.3, -0.25) is 5.10 Å². The summed E-state index contributed by atoms with van der Waals surface area (Å²) in [5, 5.41) is 7.07. The Kier molecular flexibility index (Phi) is 3.61. The quantitative estimate of drug-likeness (QED) is 0.601. The van der Waals surface area contributed by atoms with Gasteiger partial charge in [0, 0.05) is 11.6 Å². The van der Waals surface area contributed by atoms with Gasteiger partial charge in [0.25, 0.3) is 0 Å². The van der Waals surface area contributed by atoms with Crippen LogP contribution in [0.25, 0.3) is 22.4 Å². The van der Waals surface area contributed by atoms with Crippen LogP contribution in [0, 0.1) is 18.6 Å². The van der Waals surface area contributed by atoms with Crippen molar-refractivity contribution >= 4 is 11.2 Å². The molecule has 0 radical (unpaired) electrons. The first-order valence-corrected chi connectivity index (χ1v) is 7.52. The van der Waals surface area contributed by atoms with Crippen LogP contribution >= 0.6 is 0 Å².